The van der Waals surface area contributed by atoms with Gasteiger partial charge in [0.1, 0.15) is 0 Å². The molecule has 0 radical (unpaired) electrons. The molecule has 9 heavy (non-hydrogen) atoms. The van der Waals surface area contributed by atoms with Crippen molar-refractivity contribution in [2.24, 2.45) is 0 Å². The Hall–Kier alpha value is -0.840. The van der Waals surface area contributed by atoms with Crippen molar-refractivity contribution in [2.45, 2.75) is 31.7 Å². The van der Waals surface area contributed by atoms with Gasteiger partial charge in [0.2, 0.25) is 5.78 Å². The third kappa shape index (κ3) is 0.829. The number of hydrogen-bond donors (Lipinski definition) is 0. The number of nitrogens with zero attached hydrogens (tertiary/aromatic N) is 1. The summed E-state index contributed by atoms with van der Waals surface area (Å²) in [5.41, 5.74) is -0.547. The lowest BCUT2D eigenvalue weighted by atomic mass is 10.1. The monoisotopic (exact) mass is 123 g/mol. The lowest BCUT2D eigenvalue weighted by Gasteiger charge is -1.94. The molecule has 2 nitrogen and oxygen atoms in total. The zero-order chi connectivity index (χ0) is 6.91. The van der Waals surface area contributed by atoms with Gasteiger partial charge in [0.15, 0.2) is 0 Å². The molecule has 0 heterocycles. The molecule has 0 aromatic heterocycles. The van der Waals surface area contributed by atoms with Crippen LogP contribution in [0.4, 0.5) is 0 Å². The smallest absolute Gasteiger partial charge is 0.290 e. The van der Waals surface area contributed by atoms with E-state index in [1.807, 2.05) is 6.92 Å². The summed E-state index contributed by atoms with van der Waals surface area (Å²) in [6.45, 7) is 8.52. The molecule has 48 valence electrons. The number of carbonyl (C=O) groups excluding carboxylic acids is 1. The number of ketones is 1. The molecular weight excluding hydrogens is 114 g/mol. The third-order valence-corrected chi connectivity index (χ3v) is 1.78. The Morgan fingerprint density at radius 2 is 2.33 bits per heavy atom. The molecule has 0 amide bonds. The second-order valence-corrected chi connectivity index (χ2v) is 2.42. The molecule has 1 fully saturated rings. The van der Waals surface area contributed by atoms with Crippen LogP contribution in [0.15, 0.2) is 0 Å². The number of rotatable bonds is 2. The van der Waals surface area contributed by atoms with Crippen LogP contribution in [0.25, 0.3) is 4.85 Å². The highest BCUT2D eigenvalue weighted by atomic mass is 16.1. The van der Waals surface area contributed by atoms with E-state index in [1.165, 1.54) is 0 Å². The first-order valence-corrected chi connectivity index (χ1v) is 3.17. The van der Waals surface area contributed by atoms with E-state index in [9.17, 15) is 4.79 Å². The van der Waals surface area contributed by atoms with Crippen LogP contribution in [0, 0.1) is 6.57 Å². The van der Waals surface area contributed by atoms with Crippen molar-refractivity contribution in [3.63, 3.8) is 0 Å². The molecule has 0 spiro atoms. The molecule has 1 rings (SSSR count). The Kier molecular flexibility index (Phi) is 1.28. The molecule has 0 bridgehead atoms. The molecule has 0 aromatic carbocycles. The van der Waals surface area contributed by atoms with Crippen LogP contribution >= 0.6 is 0 Å². The van der Waals surface area contributed by atoms with Crippen molar-refractivity contribution in [1.29, 1.82) is 0 Å². The summed E-state index contributed by atoms with van der Waals surface area (Å²) in [7, 11) is 0. The fourth-order valence-corrected chi connectivity index (χ4v) is 0.900. The van der Waals surface area contributed by atoms with Gasteiger partial charge in [0, 0.05) is 19.3 Å². The van der Waals surface area contributed by atoms with Crippen molar-refractivity contribution < 1.29 is 4.79 Å². The molecule has 2 heteroatoms. The first-order valence-electron chi connectivity index (χ1n) is 3.17. The lowest BCUT2D eigenvalue weighted by Crippen LogP contribution is -2.16. The summed E-state index contributed by atoms with van der Waals surface area (Å²) in [5.74, 6) is 0.123. The summed E-state index contributed by atoms with van der Waals surface area (Å²) in [4.78, 5) is 14.2. The second-order valence-electron chi connectivity index (χ2n) is 2.42. The van der Waals surface area contributed by atoms with Crippen molar-refractivity contribution in [3.8, 4) is 0 Å². The van der Waals surface area contributed by atoms with E-state index in [-0.39, 0.29) is 5.78 Å². The molecule has 0 unspecified atom stereocenters. The van der Waals surface area contributed by atoms with Gasteiger partial charge in [0.05, 0.1) is 0 Å². The Balaban J connectivity index is 2.63. The SMILES string of the molecule is [C-]#[N+]C1(C(=O)CC)CC1. The zero-order valence-corrected chi connectivity index (χ0v) is 5.48. The Morgan fingerprint density at radius 1 is 1.78 bits per heavy atom. The van der Waals surface area contributed by atoms with Crippen LogP contribution in [0.5, 0.6) is 0 Å². The normalized spacial score (nSPS) is 20.4. The van der Waals surface area contributed by atoms with Gasteiger partial charge in [0.25, 0.3) is 5.54 Å². The van der Waals surface area contributed by atoms with E-state index in [4.69, 9.17) is 6.57 Å². The standard InChI is InChI=1S/C7H9NO/c1-3-6(9)7(8-2)4-5-7/h3-5H2,1H3. The molecule has 1 aliphatic rings. The highest BCUT2D eigenvalue weighted by Crippen LogP contribution is 2.41. The summed E-state index contributed by atoms with van der Waals surface area (Å²) >= 11 is 0. The minimum atomic E-state index is -0.547. The first-order chi connectivity index (χ1) is 4.25. The maximum atomic E-state index is 10.9. The van der Waals surface area contributed by atoms with Gasteiger partial charge < -0.3 is 4.85 Å². The molecule has 1 saturated carbocycles. The molecule has 0 aliphatic heterocycles. The minimum absolute atomic E-state index is 0.123. The third-order valence-electron chi connectivity index (χ3n) is 1.78. The summed E-state index contributed by atoms with van der Waals surface area (Å²) in [6, 6.07) is 0. The number of hydrogen-bond acceptors (Lipinski definition) is 1. The maximum Gasteiger partial charge on any atom is 0.290 e. The topological polar surface area (TPSA) is 21.4 Å². The second kappa shape index (κ2) is 1.84. The van der Waals surface area contributed by atoms with Gasteiger partial charge in [-0.3, -0.25) is 4.79 Å². The fourth-order valence-electron chi connectivity index (χ4n) is 0.900. The van der Waals surface area contributed by atoms with Gasteiger partial charge in [-0.2, -0.15) is 0 Å². The fraction of sp³-hybridized carbons (Fsp3) is 0.714. The van der Waals surface area contributed by atoms with Gasteiger partial charge >= 0.3 is 0 Å². The van der Waals surface area contributed by atoms with Crippen molar-refractivity contribution in [1.82, 2.24) is 0 Å². The van der Waals surface area contributed by atoms with E-state index in [0.29, 0.717) is 6.42 Å². The van der Waals surface area contributed by atoms with E-state index in [2.05, 4.69) is 4.85 Å². The summed E-state index contributed by atoms with van der Waals surface area (Å²) in [6.07, 6.45) is 2.11. The molecular formula is C7H9NO. The van der Waals surface area contributed by atoms with Crippen LogP contribution in [-0.4, -0.2) is 11.3 Å². The van der Waals surface area contributed by atoms with Crippen molar-refractivity contribution in [3.05, 3.63) is 11.4 Å². The van der Waals surface area contributed by atoms with Gasteiger partial charge in [-0.1, -0.05) is 6.92 Å². The van der Waals surface area contributed by atoms with Crippen molar-refractivity contribution >= 4 is 5.78 Å². The van der Waals surface area contributed by atoms with Crippen LogP contribution in [0.3, 0.4) is 0 Å². The predicted molar refractivity (Wildman–Crippen MR) is 33.9 cm³/mol. The van der Waals surface area contributed by atoms with E-state index < -0.39 is 5.54 Å². The van der Waals surface area contributed by atoms with E-state index in [0.717, 1.165) is 12.8 Å². The maximum absolute atomic E-state index is 10.9. The number of carbonyl (C=O) groups is 1. The first kappa shape index (κ1) is 6.28. The van der Waals surface area contributed by atoms with Crippen LogP contribution in [-0.2, 0) is 4.79 Å². The minimum Gasteiger partial charge on any atom is -0.302 e. The summed E-state index contributed by atoms with van der Waals surface area (Å²) in [5, 5.41) is 0. The molecule has 0 saturated heterocycles. The van der Waals surface area contributed by atoms with Crippen LogP contribution in [0.2, 0.25) is 0 Å². The zero-order valence-electron chi connectivity index (χ0n) is 5.48. The Bertz CT molecular complexity index is 174. The van der Waals surface area contributed by atoms with Crippen LogP contribution in [0.1, 0.15) is 26.2 Å². The Morgan fingerprint density at radius 3 is 2.44 bits per heavy atom. The average molecular weight is 123 g/mol. The lowest BCUT2D eigenvalue weighted by molar-refractivity contribution is -0.119. The van der Waals surface area contributed by atoms with Crippen LogP contribution < -0.4 is 0 Å². The average Bonchev–Trinajstić information content (AvgIpc) is 2.66. The summed E-state index contributed by atoms with van der Waals surface area (Å²) < 4.78 is 0. The quantitative estimate of drug-likeness (QED) is 0.509. The predicted octanol–water partition coefficient (Wildman–Crippen LogP) is 1.42. The van der Waals surface area contributed by atoms with E-state index in [1.54, 1.807) is 0 Å². The largest absolute Gasteiger partial charge is 0.302 e. The highest BCUT2D eigenvalue weighted by molar-refractivity contribution is 5.92. The number of Topliss-reactive ketones (excluding diaryl/α,β-unsaturated/α-hetero) is 1. The van der Waals surface area contributed by atoms with E-state index >= 15 is 0 Å². The van der Waals surface area contributed by atoms with Gasteiger partial charge in [-0.15, -0.1) is 0 Å². The molecule has 0 atom stereocenters. The van der Waals surface area contributed by atoms with Gasteiger partial charge in [-0.25, -0.2) is 6.57 Å². The molecule has 1 aliphatic carbocycles. The molecule has 0 N–H and O–H groups in total. The Labute approximate surface area is 54.7 Å². The van der Waals surface area contributed by atoms with Gasteiger partial charge in [-0.05, 0) is 0 Å². The highest BCUT2D eigenvalue weighted by Gasteiger charge is 2.56. The molecule has 0 aromatic rings. The van der Waals surface area contributed by atoms with Crippen molar-refractivity contribution in [2.75, 3.05) is 0 Å².